The smallest absolute Gasteiger partial charge is 0.406 e. The fourth-order valence-electron chi connectivity index (χ4n) is 4.28. The highest BCUT2D eigenvalue weighted by Crippen LogP contribution is 2.31. The van der Waals surface area contributed by atoms with Crippen molar-refractivity contribution in [2.45, 2.75) is 44.9 Å². The summed E-state index contributed by atoms with van der Waals surface area (Å²) in [5, 5.41) is 2.86. The molecule has 0 bridgehead atoms. The molecule has 30 heavy (non-hydrogen) atoms. The van der Waals surface area contributed by atoms with Crippen LogP contribution < -0.4 is 10.1 Å². The lowest BCUT2D eigenvalue weighted by molar-refractivity contribution is 0.170. The van der Waals surface area contributed by atoms with E-state index in [1.807, 2.05) is 18.2 Å². The predicted molar refractivity (Wildman–Crippen MR) is 122 cm³/mol. The Morgan fingerprint density at radius 3 is 2.80 bits per heavy atom. The van der Waals surface area contributed by atoms with Crippen LogP contribution in [-0.4, -0.2) is 26.9 Å². The molecule has 0 radical (unpaired) electrons. The van der Waals surface area contributed by atoms with E-state index < -0.39 is 0 Å². The third-order valence-electron chi connectivity index (χ3n) is 5.97. The molecule has 0 heterocycles. The zero-order valence-electron chi connectivity index (χ0n) is 18.3. The SMILES string of the molecule is CCCC(CNC(=O)OC)c1ccc2c(c1)CC[C@@H](/C=C/c1ccccc1OC)C2. The van der Waals surface area contributed by atoms with Gasteiger partial charge in [-0.3, -0.25) is 0 Å². The van der Waals surface area contributed by atoms with Gasteiger partial charge in [0.05, 0.1) is 14.2 Å². The van der Waals surface area contributed by atoms with Gasteiger partial charge < -0.3 is 14.8 Å². The van der Waals surface area contributed by atoms with E-state index in [0.29, 0.717) is 18.4 Å². The van der Waals surface area contributed by atoms with Gasteiger partial charge in [-0.2, -0.15) is 0 Å². The molecular formula is C26H33NO3. The summed E-state index contributed by atoms with van der Waals surface area (Å²) in [5.74, 6) is 1.78. The highest BCUT2D eigenvalue weighted by molar-refractivity contribution is 5.67. The van der Waals surface area contributed by atoms with Crippen molar-refractivity contribution in [2.75, 3.05) is 20.8 Å². The number of carbonyl (C=O) groups excluding carboxylic acids is 1. The molecule has 4 nitrogen and oxygen atoms in total. The van der Waals surface area contributed by atoms with Crippen LogP contribution in [0.25, 0.3) is 6.08 Å². The van der Waals surface area contributed by atoms with Crippen molar-refractivity contribution >= 4 is 12.2 Å². The summed E-state index contributed by atoms with van der Waals surface area (Å²) >= 11 is 0. The highest BCUT2D eigenvalue weighted by atomic mass is 16.5. The third kappa shape index (κ3) is 5.65. The van der Waals surface area contributed by atoms with Crippen LogP contribution >= 0.6 is 0 Å². The largest absolute Gasteiger partial charge is 0.496 e. The Labute approximate surface area is 180 Å². The first-order valence-electron chi connectivity index (χ1n) is 10.9. The van der Waals surface area contributed by atoms with Crippen LogP contribution in [0.2, 0.25) is 0 Å². The van der Waals surface area contributed by atoms with E-state index in [0.717, 1.165) is 43.4 Å². The van der Waals surface area contributed by atoms with Crippen LogP contribution in [-0.2, 0) is 17.6 Å². The number of nitrogens with one attached hydrogen (secondary N) is 1. The summed E-state index contributed by atoms with van der Waals surface area (Å²) in [5.41, 5.74) is 5.33. The van der Waals surface area contributed by atoms with Gasteiger partial charge in [0.15, 0.2) is 0 Å². The number of rotatable bonds is 8. The number of hydrogen-bond donors (Lipinski definition) is 1. The molecule has 0 spiro atoms. The summed E-state index contributed by atoms with van der Waals surface area (Å²) in [6.45, 7) is 2.80. The first-order chi connectivity index (χ1) is 14.6. The summed E-state index contributed by atoms with van der Waals surface area (Å²) in [4.78, 5) is 11.5. The van der Waals surface area contributed by atoms with Crippen molar-refractivity contribution in [3.8, 4) is 5.75 Å². The van der Waals surface area contributed by atoms with Crippen molar-refractivity contribution < 1.29 is 14.3 Å². The molecule has 1 aliphatic carbocycles. The molecule has 2 aromatic rings. The lowest BCUT2D eigenvalue weighted by Gasteiger charge is -2.25. The van der Waals surface area contributed by atoms with Gasteiger partial charge in [0, 0.05) is 18.0 Å². The second-order valence-corrected chi connectivity index (χ2v) is 7.99. The molecule has 2 aromatic carbocycles. The van der Waals surface area contributed by atoms with Gasteiger partial charge in [-0.25, -0.2) is 4.79 Å². The fourth-order valence-corrected chi connectivity index (χ4v) is 4.28. The van der Waals surface area contributed by atoms with Crippen molar-refractivity contribution in [3.63, 3.8) is 0 Å². The van der Waals surface area contributed by atoms with E-state index >= 15 is 0 Å². The number of ether oxygens (including phenoxy) is 2. The molecule has 0 aromatic heterocycles. The van der Waals surface area contributed by atoms with Crippen molar-refractivity contribution in [3.05, 3.63) is 70.8 Å². The van der Waals surface area contributed by atoms with E-state index in [2.05, 4.69) is 48.7 Å². The second-order valence-electron chi connectivity index (χ2n) is 7.99. The Morgan fingerprint density at radius 1 is 1.20 bits per heavy atom. The summed E-state index contributed by atoms with van der Waals surface area (Å²) < 4.78 is 10.2. The lowest BCUT2D eigenvalue weighted by atomic mass is 9.81. The molecule has 1 unspecified atom stereocenters. The van der Waals surface area contributed by atoms with Crippen LogP contribution in [0.15, 0.2) is 48.5 Å². The molecule has 1 N–H and O–H groups in total. The number of fused-ring (bicyclic) bond motifs is 1. The van der Waals surface area contributed by atoms with Gasteiger partial charge in [-0.15, -0.1) is 0 Å². The fraction of sp³-hybridized carbons (Fsp3) is 0.423. The lowest BCUT2D eigenvalue weighted by Crippen LogP contribution is -2.28. The highest BCUT2D eigenvalue weighted by Gasteiger charge is 2.19. The van der Waals surface area contributed by atoms with Gasteiger partial charge in [-0.05, 0) is 54.4 Å². The van der Waals surface area contributed by atoms with Crippen LogP contribution in [0.1, 0.15) is 54.4 Å². The van der Waals surface area contributed by atoms with Crippen LogP contribution in [0.4, 0.5) is 4.79 Å². The standard InChI is InChI=1S/C26H33NO3/c1-4-7-24(18-27-26(28)30-3)23-15-14-21-16-19(11-13-22(21)17-23)10-12-20-8-5-6-9-25(20)29-2/h5-6,8-10,12,14-15,17,19,24H,4,7,11,13,16,18H2,1-3H3,(H,27,28)/b12-10+/t19-,24?/m1/s1. The monoisotopic (exact) mass is 407 g/mol. The van der Waals surface area contributed by atoms with Crippen LogP contribution in [0, 0.1) is 5.92 Å². The number of aryl methyl sites for hydroxylation is 1. The number of hydrogen-bond acceptors (Lipinski definition) is 3. The molecule has 0 saturated heterocycles. The molecule has 2 atom stereocenters. The van der Waals surface area contributed by atoms with Gasteiger partial charge in [-0.1, -0.05) is 61.9 Å². The Kier molecular flexibility index (Phi) is 7.95. The van der Waals surface area contributed by atoms with Gasteiger partial charge in [0.2, 0.25) is 0 Å². The molecule has 0 fully saturated rings. The van der Waals surface area contributed by atoms with Crippen molar-refractivity contribution in [1.29, 1.82) is 0 Å². The average Bonchev–Trinajstić information content (AvgIpc) is 2.79. The number of carbonyl (C=O) groups is 1. The molecule has 160 valence electrons. The normalized spacial score (nSPS) is 16.7. The maximum atomic E-state index is 11.5. The molecule has 1 amide bonds. The number of amides is 1. The Bertz CT molecular complexity index is 874. The first kappa shape index (κ1) is 21.9. The van der Waals surface area contributed by atoms with Gasteiger partial charge >= 0.3 is 6.09 Å². The molecule has 0 saturated carbocycles. The van der Waals surface area contributed by atoms with E-state index in [1.165, 1.54) is 23.8 Å². The Morgan fingerprint density at radius 2 is 2.03 bits per heavy atom. The first-order valence-corrected chi connectivity index (χ1v) is 10.9. The number of methoxy groups -OCH3 is 2. The summed E-state index contributed by atoms with van der Waals surface area (Å²) in [7, 11) is 3.12. The van der Waals surface area contributed by atoms with E-state index in [1.54, 1.807) is 7.11 Å². The van der Waals surface area contributed by atoms with Crippen LogP contribution in [0.5, 0.6) is 5.75 Å². The predicted octanol–water partition coefficient (Wildman–Crippen LogP) is 5.75. The molecule has 0 aliphatic heterocycles. The Hall–Kier alpha value is -2.75. The van der Waals surface area contributed by atoms with Crippen molar-refractivity contribution in [2.24, 2.45) is 5.92 Å². The van der Waals surface area contributed by atoms with Crippen LogP contribution in [0.3, 0.4) is 0 Å². The number of para-hydroxylation sites is 1. The zero-order valence-corrected chi connectivity index (χ0v) is 18.3. The minimum Gasteiger partial charge on any atom is -0.496 e. The zero-order chi connectivity index (χ0) is 21.3. The summed E-state index contributed by atoms with van der Waals surface area (Å²) in [6, 6.07) is 15.0. The maximum Gasteiger partial charge on any atom is 0.406 e. The number of alkyl carbamates (subject to hydrolysis) is 1. The molecule has 4 heteroatoms. The quantitative estimate of drug-likeness (QED) is 0.606. The minimum absolute atomic E-state index is 0.322. The van der Waals surface area contributed by atoms with E-state index in [9.17, 15) is 4.79 Å². The minimum atomic E-state index is -0.362. The third-order valence-corrected chi connectivity index (χ3v) is 5.97. The van der Waals surface area contributed by atoms with E-state index in [-0.39, 0.29) is 6.09 Å². The maximum absolute atomic E-state index is 11.5. The van der Waals surface area contributed by atoms with Gasteiger partial charge in [0.1, 0.15) is 5.75 Å². The second kappa shape index (κ2) is 10.9. The average molecular weight is 408 g/mol. The number of allylic oxidation sites excluding steroid dienone is 1. The van der Waals surface area contributed by atoms with E-state index in [4.69, 9.17) is 9.47 Å². The molecule has 3 rings (SSSR count). The van der Waals surface area contributed by atoms with Gasteiger partial charge in [0.25, 0.3) is 0 Å². The summed E-state index contributed by atoms with van der Waals surface area (Å²) in [6.07, 6.45) is 9.61. The van der Waals surface area contributed by atoms with Crippen molar-refractivity contribution in [1.82, 2.24) is 5.32 Å². The number of benzene rings is 2. The molecule has 1 aliphatic rings. The topological polar surface area (TPSA) is 47.6 Å². The Balaban J connectivity index is 1.68. The molecular weight excluding hydrogens is 374 g/mol.